The summed E-state index contributed by atoms with van der Waals surface area (Å²) in [6.07, 6.45) is 9.08. The SMILES string of the molecule is C#CCn1ncc(Cl)c(NC2CN3CCC2CC3)c1=O. The van der Waals surface area contributed by atoms with Gasteiger partial charge in [-0.3, -0.25) is 4.79 Å². The smallest absolute Gasteiger partial charge is 0.292 e. The van der Waals surface area contributed by atoms with Crippen LogP contribution < -0.4 is 10.9 Å². The lowest BCUT2D eigenvalue weighted by Gasteiger charge is -2.45. The molecule has 4 heterocycles. The number of rotatable bonds is 3. The van der Waals surface area contributed by atoms with E-state index in [1.165, 1.54) is 23.7 Å². The average molecular weight is 293 g/mol. The maximum Gasteiger partial charge on any atom is 0.292 e. The molecule has 1 unspecified atom stereocenters. The highest BCUT2D eigenvalue weighted by atomic mass is 35.5. The molecular formula is C14H17ClN4O. The van der Waals surface area contributed by atoms with Crippen LogP contribution in [0.5, 0.6) is 0 Å². The summed E-state index contributed by atoms with van der Waals surface area (Å²) >= 11 is 6.12. The zero-order valence-electron chi connectivity index (χ0n) is 11.2. The van der Waals surface area contributed by atoms with Gasteiger partial charge in [0.25, 0.3) is 5.56 Å². The standard InChI is InChI=1S/C14H17ClN4O/c1-2-5-19-14(20)13(11(15)8-16-19)17-12-9-18-6-3-10(12)4-7-18/h1,8,10,12,17H,3-7,9H2. The van der Waals surface area contributed by atoms with Crippen molar-refractivity contribution in [1.29, 1.82) is 0 Å². The summed E-state index contributed by atoms with van der Waals surface area (Å²) in [4.78, 5) is 14.7. The van der Waals surface area contributed by atoms with Gasteiger partial charge in [0.1, 0.15) is 12.2 Å². The van der Waals surface area contributed by atoms with Crippen molar-refractivity contribution in [3.05, 3.63) is 21.6 Å². The highest BCUT2D eigenvalue weighted by Crippen LogP contribution is 2.30. The largest absolute Gasteiger partial charge is 0.375 e. The summed E-state index contributed by atoms with van der Waals surface area (Å²) in [6.45, 7) is 3.45. The second-order valence-corrected chi connectivity index (χ2v) is 5.83. The van der Waals surface area contributed by atoms with E-state index in [1.807, 2.05) is 0 Å². The zero-order chi connectivity index (χ0) is 14.1. The molecule has 3 saturated heterocycles. The zero-order valence-corrected chi connectivity index (χ0v) is 11.9. The molecule has 1 aromatic heterocycles. The molecule has 1 aromatic rings. The molecule has 3 fully saturated rings. The Balaban J connectivity index is 1.85. The highest BCUT2D eigenvalue weighted by Gasteiger charge is 2.34. The number of aromatic nitrogens is 2. The fraction of sp³-hybridized carbons (Fsp3) is 0.571. The second kappa shape index (κ2) is 5.47. The molecule has 2 bridgehead atoms. The van der Waals surface area contributed by atoms with Gasteiger partial charge in [-0.05, 0) is 31.8 Å². The summed E-state index contributed by atoms with van der Waals surface area (Å²) in [5.41, 5.74) is 0.183. The number of hydrogen-bond acceptors (Lipinski definition) is 4. The quantitative estimate of drug-likeness (QED) is 0.846. The Labute approximate surface area is 122 Å². The molecule has 0 saturated carbocycles. The van der Waals surface area contributed by atoms with Crippen LogP contribution in [0.1, 0.15) is 12.8 Å². The van der Waals surface area contributed by atoms with Gasteiger partial charge in [-0.1, -0.05) is 17.5 Å². The first-order valence-corrected chi connectivity index (χ1v) is 7.25. The summed E-state index contributed by atoms with van der Waals surface area (Å²) < 4.78 is 1.26. The molecule has 3 aliphatic rings. The molecule has 106 valence electrons. The Morgan fingerprint density at radius 3 is 2.85 bits per heavy atom. The number of anilines is 1. The molecule has 1 atom stereocenters. The van der Waals surface area contributed by atoms with Crippen molar-refractivity contribution in [2.45, 2.75) is 25.4 Å². The van der Waals surface area contributed by atoms with E-state index in [0.717, 1.165) is 19.6 Å². The second-order valence-electron chi connectivity index (χ2n) is 5.42. The van der Waals surface area contributed by atoms with Crippen molar-refractivity contribution in [1.82, 2.24) is 14.7 Å². The van der Waals surface area contributed by atoms with E-state index in [4.69, 9.17) is 18.0 Å². The van der Waals surface area contributed by atoms with Gasteiger partial charge in [0.05, 0.1) is 11.2 Å². The third-order valence-electron chi connectivity index (χ3n) is 4.22. The van der Waals surface area contributed by atoms with Crippen molar-refractivity contribution >= 4 is 17.3 Å². The molecule has 6 heteroatoms. The Bertz CT molecular complexity index is 598. The van der Waals surface area contributed by atoms with E-state index < -0.39 is 0 Å². The molecular weight excluding hydrogens is 276 g/mol. The summed E-state index contributed by atoms with van der Waals surface area (Å²) in [6, 6.07) is 0.282. The van der Waals surface area contributed by atoms with E-state index in [0.29, 0.717) is 16.6 Å². The third-order valence-corrected chi connectivity index (χ3v) is 4.51. The van der Waals surface area contributed by atoms with E-state index in [2.05, 4.69) is 21.2 Å². The number of nitrogens with one attached hydrogen (secondary N) is 1. The Hall–Kier alpha value is -1.51. The van der Waals surface area contributed by atoms with Gasteiger partial charge in [0.2, 0.25) is 0 Å². The molecule has 5 nitrogen and oxygen atoms in total. The first-order valence-electron chi connectivity index (χ1n) is 6.87. The molecule has 3 aliphatic heterocycles. The molecule has 0 aromatic carbocycles. The van der Waals surface area contributed by atoms with E-state index >= 15 is 0 Å². The molecule has 0 radical (unpaired) electrons. The highest BCUT2D eigenvalue weighted by molar-refractivity contribution is 6.33. The van der Waals surface area contributed by atoms with Crippen LogP contribution in [0, 0.1) is 18.3 Å². The minimum Gasteiger partial charge on any atom is -0.375 e. The molecule has 0 aliphatic carbocycles. The molecule has 4 rings (SSSR count). The Morgan fingerprint density at radius 1 is 1.50 bits per heavy atom. The Morgan fingerprint density at radius 2 is 2.25 bits per heavy atom. The number of halogens is 1. The normalized spacial score (nSPS) is 28.1. The van der Waals surface area contributed by atoms with Crippen LogP contribution in [0.3, 0.4) is 0 Å². The first-order chi connectivity index (χ1) is 9.69. The van der Waals surface area contributed by atoms with Crippen LogP contribution in [0.25, 0.3) is 0 Å². The molecule has 20 heavy (non-hydrogen) atoms. The lowest BCUT2D eigenvalue weighted by atomic mass is 9.84. The number of hydrogen-bond donors (Lipinski definition) is 1. The minimum atomic E-state index is -0.244. The van der Waals surface area contributed by atoms with Crippen LogP contribution in [0.2, 0.25) is 5.02 Å². The maximum absolute atomic E-state index is 12.3. The van der Waals surface area contributed by atoms with Crippen LogP contribution >= 0.6 is 11.6 Å². The fourth-order valence-electron chi connectivity index (χ4n) is 3.11. The molecule has 0 amide bonds. The lowest BCUT2D eigenvalue weighted by Crippen LogP contribution is -2.53. The fourth-order valence-corrected chi connectivity index (χ4v) is 3.29. The van der Waals surface area contributed by atoms with Crippen molar-refractivity contribution in [2.75, 3.05) is 25.0 Å². The number of piperidine rings is 3. The van der Waals surface area contributed by atoms with Crippen molar-refractivity contribution < 1.29 is 0 Å². The summed E-state index contributed by atoms with van der Waals surface area (Å²) in [5.74, 6) is 3.04. The lowest BCUT2D eigenvalue weighted by molar-refractivity contribution is 0.0974. The van der Waals surface area contributed by atoms with Crippen LogP contribution in [0.4, 0.5) is 5.69 Å². The van der Waals surface area contributed by atoms with Crippen LogP contribution in [-0.2, 0) is 6.54 Å². The summed E-state index contributed by atoms with van der Waals surface area (Å²) in [7, 11) is 0. The van der Waals surface area contributed by atoms with Gasteiger partial charge in [-0.15, -0.1) is 6.42 Å². The first kappa shape index (κ1) is 13.5. The molecule has 0 spiro atoms. The monoisotopic (exact) mass is 292 g/mol. The van der Waals surface area contributed by atoms with Crippen molar-refractivity contribution in [3.8, 4) is 12.3 Å². The van der Waals surface area contributed by atoms with Gasteiger partial charge < -0.3 is 10.2 Å². The van der Waals surface area contributed by atoms with E-state index in [-0.39, 0.29) is 18.1 Å². The van der Waals surface area contributed by atoms with Crippen molar-refractivity contribution in [3.63, 3.8) is 0 Å². The summed E-state index contributed by atoms with van der Waals surface area (Å²) in [5, 5.41) is 7.64. The minimum absolute atomic E-state index is 0.158. The van der Waals surface area contributed by atoms with Gasteiger partial charge in [0.15, 0.2) is 0 Å². The van der Waals surface area contributed by atoms with Gasteiger partial charge in [0, 0.05) is 12.6 Å². The number of nitrogens with zero attached hydrogens (tertiary/aromatic N) is 3. The Kier molecular flexibility index (Phi) is 3.68. The average Bonchev–Trinajstić information content (AvgIpc) is 2.48. The third kappa shape index (κ3) is 2.41. The van der Waals surface area contributed by atoms with Gasteiger partial charge in [-0.25, -0.2) is 4.68 Å². The topological polar surface area (TPSA) is 50.2 Å². The number of fused-ring (bicyclic) bond motifs is 3. The van der Waals surface area contributed by atoms with Gasteiger partial charge in [-0.2, -0.15) is 5.10 Å². The predicted molar refractivity (Wildman–Crippen MR) is 78.9 cm³/mol. The molecule has 1 N–H and O–H groups in total. The van der Waals surface area contributed by atoms with E-state index in [1.54, 1.807) is 0 Å². The maximum atomic E-state index is 12.3. The predicted octanol–water partition coefficient (Wildman–Crippen LogP) is 1.04. The van der Waals surface area contributed by atoms with Gasteiger partial charge >= 0.3 is 0 Å². The van der Waals surface area contributed by atoms with E-state index in [9.17, 15) is 4.79 Å². The van der Waals surface area contributed by atoms with Crippen LogP contribution in [0.15, 0.2) is 11.0 Å². The van der Waals surface area contributed by atoms with Crippen molar-refractivity contribution in [2.24, 2.45) is 5.92 Å². The number of terminal acetylenes is 1. The van der Waals surface area contributed by atoms with Crippen LogP contribution in [-0.4, -0.2) is 40.4 Å².